The summed E-state index contributed by atoms with van der Waals surface area (Å²) in [6.45, 7) is 1.99. The zero-order valence-corrected chi connectivity index (χ0v) is 13.0. The van der Waals surface area contributed by atoms with Gasteiger partial charge in [-0.2, -0.15) is 5.10 Å². The number of ether oxygens (including phenoxy) is 1. The molecule has 0 aliphatic rings. The highest BCUT2D eigenvalue weighted by molar-refractivity contribution is 5.91. The Morgan fingerprint density at radius 1 is 1.42 bits per heavy atom. The molecule has 0 spiro atoms. The van der Waals surface area contributed by atoms with E-state index >= 15 is 0 Å². The Morgan fingerprint density at radius 3 is 2.96 bits per heavy atom. The molecule has 122 valence electrons. The standard InChI is InChI=1S/C16H16N6O2/c1-2-24-16(23)21-13-8-12(17)14-15(20-13)22(10-18-14)19-9-11-6-4-3-5-7-11/h3-10H,2H2,1H3,(H3,17,20,21,23). The number of fused-ring (bicyclic) bond motifs is 1. The predicted octanol–water partition coefficient (Wildman–Crippen LogP) is 2.46. The van der Waals surface area contributed by atoms with Gasteiger partial charge in [-0.05, 0) is 12.5 Å². The molecule has 1 amide bonds. The van der Waals surface area contributed by atoms with E-state index in [0.717, 1.165) is 5.56 Å². The number of pyridine rings is 1. The van der Waals surface area contributed by atoms with Crippen molar-refractivity contribution in [3.05, 3.63) is 48.3 Å². The number of amides is 1. The molecule has 2 heterocycles. The summed E-state index contributed by atoms with van der Waals surface area (Å²) in [5.41, 5.74) is 8.24. The molecule has 0 fully saturated rings. The van der Waals surface area contributed by atoms with E-state index in [2.05, 4.69) is 20.4 Å². The van der Waals surface area contributed by atoms with Crippen LogP contribution in [-0.2, 0) is 4.74 Å². The van der Waals surface area contributed by atoms with Crippen LogP contribution < -0.4 is 11.1 Å². The number of nitrogens with zero attached hydrogens (tertiary/aromatic N) is 4. The molecule has 0 bridgehead atoms. The Morgan fingerprint density at radius 2 is 2.21 bits per heavy atom. The van der Waals surface area contributed by atoms with Crippen LogP contribution in [0.15, 0.2) is 47.8 Å². The van der Waals surface area contributed by atoms with Gasteiger partial charge in [0.2, 0.25) is 0 Å². The van der Waals surface area contributed by atoms with Gasteiger partial charge in [-0.3, -0.25) is 5.32 Å². The van der Waals surface area contributed by atoms with Gasteiger partial charge in [-0.15, -0.1) is 0 Å². The van der Waals surface area contributed by atoms with Crippen molar-refractivity contribution in [1.82, 2.24) is 14.6 Å². The molecule has 0 unspecified atom stereocenters. The number of nitrogens with two attached hydrogens (primary N) is 1. The fourth-order valence-corrected chi connectivity index (χ4v) is 2.09. The second-order valence-corrected chi connectivity index (χ2v) is 4.86. The minimum atomic E-state index is -0.595. The Hall–Kier alpha value is -3.42. The molecular formula is C16H16N6O2. The number of benzene rings is 1. The van der Waals surface area contributed by atoms with Crippen molar-refractivity contribution in [2.24, 2.45) is 5.10 Å². The van der Waals surface area contributed by atoms with E-state index in [0.29, 0.717) is 16.9 Å². The lowest BCUT2D eigenvalue weighted by atomic mass is 10.2. The lowest BCUT2D eigenvalue weighted by Gasteiger charge is -2.06. The van der Waals surface area contributed by atoms with Crippen LogP contribution in [0.5, 0.6) is 0 Å². The summed E-state index contributed by atoms with van der Waals surface area (Å²) >= 11 is 0. The number of rotatable bonds is 4. The molecule has 8 nitrogen and oxygen atoms in total. The average Bonchev–Trinajstić information content (AvgIpc) is 2.97. The average molecular weight is 324 g/mol. The SMILES string of the molecule is CCOC(=O)Nc1cc(N)c2ncn(N=Cc3ccccc3)c2n1. The first-order valence-corrected chi connectivity index (χ1v) is 7.34. The molecule has 0 saturated heterocycles. The predicted molar refractivity (Wildman–Crippen MR) is 92.0 cm³/mol. The highest BCUT2D eigenvalue weighted by Crippen LogP contribution is 2.21. The largest absolute Gasteiger partial charge is 0.450 e. The van der Waals surface area contributed by atoms with Gasteiger partial charge in [0.1, 0.15) is 17.7 Å². The van der Waals surface area contributed by atoms with Crippen LogP contribution in [-0.4, -0.2) is 33.6 Å². The zero-order valence-electron chi connectivity index (χ0n) is 13.0. The molecule has 0 saturated carbocycles. The molecule has 24 heavy (non-hydrogen) atoms. The van der Waals surface area contributed by atoms with E-state index in [1.54, 1.807) is 13.1 Å². The van der Waals surface area contributed by atoms with Crippen molar-refractivity contribution >= 4 is 35.0 Å². The number of anilines is 2. The van der Waals surface area contributed by atoms with Crippen molar-refractivity contribution < 1.29 is 9.53 Å². The Labute approximate surface area is 138 Å². The van der Waals surface area contributed by atoms with Crippen LogP contribution in [0.3, 0.4) is 0 Å². The van der Waals surface area contributed by atoms with E-state index in [1.807, 2.05) is 30.3 Å². The van der Waals surface area contributed by atoms with E-state index in [-0.39, 0.29) is 12.4 Å². The molecule has 2 aromatic heterocycles. The number of hydrogen-bond donors (Lipinski definition) is 2. The van der Waals surface area contributed by atoms with Crippen molar-refractivity contribution in [3.63, 3.8) is 0 Å². The molecule has 1 aromatic carbocycles. The summed E-state index contributed by atoms with van der Waals surface area (Å²) in [6.07, 6.45) is 2.61. The Balaban J connectivity index is 1.93. The summed E-state index contributed by atoms with van der Waals surface area (Å²) in [5, 5.41) is 6.85. The van der Waals surface area contributed by atoms with Crippen molar-refractivity contribution in [3.8, 4) is 0 Å². The fourth-order valence-electron chi connectivity index (χ4n) is 2.09. The van der Waals surface area contributed by atoms with Crippen LogP contribution in [0.1, 0.15) is 12.5 Å². The van der Waals surface area contributed by atoms with Crippen molar-refractivity contribution in [2.75, 3.05) is 17.7 Å². The first-order valence-electron chi connectivity index (χ1n) is 7.34. The molecule has 3 aromatic rings. The summed E-state index contributed by atoms with van der Waals surface area (Å²) in [7, 11) is 0. The molecule has 3 rings (SSSR count). The van der Waals surface area contributed by atoms with Gasteiger partial charge in [0, 0.05) is 6.07 Å². The van der Waals surface area contributed by atoms with Gasteiger partial charge >= 0.3 is 6.09 Å². The highest BCUT2D eigenvalue weighted by Gasteiger charge is 2.11. The molecule has 0 atom stereocenters. The van der Waals surface area contributed by atoms with E-state index in [1.165, 1.54) is 17.1 Å². The van der Waals surface area contributed by atoms with E-state index < -0.39 is 6.09 Å². The number of carbonyl (C=O) groups is 1. The molecule has 0 aliphatic heterocycles. The first kappa shape index (κ1) is 15.5. The summed E-state index contributed by atoms with van der Waals surface area (Å²) < 4.78 is 6.33. The molecular weight excluding hydrogens is 308 g/mol. The van der Waals surface area contributed by atoms with Crippen LogP contribution >= 0.6 is 0 Å². The highest BCUT2D eigenvalue weighted by atomic mass is 16.5. The summed E-state index contributed by atoms with van der Waals surface area (Å²) in [5.74, 6) is 0.273. The van der Waals surface area contributed by atoms with Crippen molar-refractivity contribution in [1.29, 1.82) is 0 Å². The Kier molecular flexibility index (Phi) is 4.37. The third-order valence-electron chi connectivity index (χ3n) is 3.15. The topological polar surface area (TPSA) is 107 Å². The number of nitrogen functional groups attached to an aromatic ring is 1. The van der Waals surface area contributed by atoms with Gasteiger partial charge < -0.3 is 10.5 Å². The van der Waals surface area contributed by atoms with Crippen LogP contribution in [0.2, 0.25) is 0 Å². The van der Waals surface area contributed by atoms with Gasteiger partial charge in [-0.1, -0.05) is 30.3 Å². The zero-order chi connectivity index (χ0) is 16.9. The van der Waals surface area contributed by atoms with E-state index in [4.69, 9.17) is 10.5 Å². The monoisotopic (exact) mass is 324 g/mol. The lowest BCUT2D eigenvalue weighted by molar-refractivity contribution is 0.168. The smallest absolute Gasteiger partial charge is 0.412 e. The van der Waals surface area contributed by atoms with Gasteiger partial charge in [0.15, 0.2) is 5.65 Å². The second-order valence-electron chi connectivity index (χ2n) is 4.86. The third-order valence-corrected chi connectivity index (χ3v) is 3.15. The number of carbonyl (C=O) groups excluding carboxylic acids is 1. The second kappa shape index (κ2) is 6.78. The van der Waals surface area contributed by atoms with Gasteiger partial charge in [0.05, 0.1) is 18.5 Å². The maximum Gasteiger partial charge on any atom is 0.412 e. The maximum absolute atomic E-state index is 11.5. The molecule has 8 heteroatoms. The van der Waals surface area contributed by atoms with E-state index in [9.17, 15) is 4.79 Å². The number of aromatic nitrogens is 3. The summed E-state index contributed by atoms with van der Waals surface area (Å²) in [4.78, 5) is 20.1. The third kappa shape index (κ3) is 3.32. The van der Waals surface area contributed by atoms with Crippen LogP contribution in [0, 0.1) is 0 Å². The minimum absolute atomic E-state index is 0.267. The normalized spacial score (nSPS) is 11.0. The number of hydrogen-bond acceptors (Lipinski definition) is 6. The van der Waals surface area contributed by atoms with Gasteiger partial charge in [0.25, 0.3) is 0 Å². The molecule has 0 aliphatic carbocycles. The summed E-state index contributed by atoms with van der Waals surface area (Å²) in [6, 6.07) is 11.2. The molecule has 0 radical (unpaired) electrons. The first-order chi connectivity index (χ1) is 11.7. The van der Waals surface area contributed by atoms with Crippen molar-refractivity contribution in [2.45, 2.75) is 6.92 Å². The van der Waals surface area contributed by atoms with Crippen LogP contribution in [0.25, 0.3) is 11.2 Å². The number of nitrogens with one attached hydrogen (secondary N) is 1. The Bertz CT molecular complexity index is 888. The lowest BCUT2D eigenvalue weighted by Crippen LogP contribution is -2.14. The maximum atomic E-state index is 11.5. The fraction of sp³-hybridized carbons (Fsp3) is 0.125. The molecule has 3 N–H and O–H groups in total. The van der Waals surface area contributed by atoms with Crippen LogP contribution in [0.4, 0.5) is 16.3 Å². The quantitative estimate of drug-likeness (QED) is 0.717. The minimum Gasteiger partial charge on any atom is -0.450 e. The number of imidazole rings is 1. The van der Waals surface area contributed by atoms with Gasteiger partial charge in [-0.25, -0.2) is 19.4 Å².